The van der Waals surface area contributed by atoms with Crippen molar-refractivity contribution >= 4 is 21.8 Å². The fourth-order valence-electron chi connectivity index (χ4n) is 3.31. The first-order valence-electron chi connectivity index (χ1n) is 8.54. The number of methoxy groups -OCH3 is 2. The average Bonchev–Trinajstić information content (AvgIpc) is 3.12. The van der Waals surface area contributed by atoms with E-state index >= 15 is 0 Å². The third-order valence-electron chi connectivity index (χ3n) is 4.62. The van der Waals surface area contributed by atoms with Crippen molar-refractivity contribution in [3.63, 3.8) is 0 Å². The van der Waals surface area contributed by atoms with Gasteiger partial charge in [0.25, 0.3) is 11.7 Å². The average molecular weight is 411 g/mol. The van der Waals surface area contributed by atoms with Crippen LogP contribution >= 0.6 is 0 Å². The predicted octanol–water partition coefficient (Wildman–Crippen LogP) is 1.29. The van der Waals surface area contributed by atoms with Gasteiger partial charge in [-0.15, -0.1) is 0 Å². The summed E-state index contributed by atoms with van der Waals surface area (Å²) in [6, 6.07) is 4.90. The second-order valence-corrected chi connectivity index (χ2v) is 8.49. The minimum atomic E-state index is -3.67. The maximum absolute atomic E-state index is 13.2. The Kier molecular flexibility index (Phi) is 5.00. The zero-order valence-electron chi connectivity index (χ0n) is 16.0. The molecule has 1 aromatic rings. The van der Waals surface area contributed by atoms with Crippen LogP contribution < -0.4 is 9.47 Å². The van der Waals surface area contributed by atoms with Crippen molar-refractivity contribution in [1.82, 2.24) is 4.31 Å². The van der Waals surface area contributed by atoms with Crippen LogP contribution in [0.3, 0.4) is 0 Å². The summed E-state index contributed by atoms with van der Waals surface area (Å²) in [5.74, 6) is -1.63. The van der Waals surface area contributed by atoms with Crippen LogP contribution in [0.1, 0.15) is 25.8 Å². The van der Waals surface area contributed by atoms with E-state index in [4.69, 9.17) is 18.9 Å². The van der Waals surface area contributed by atoms with E-state index in [-0.39, 0.29) is 23.9 Å². The highest BCUT2D eigenvalue weighted by Crippen LogP contribution is 2.47. The molecule has 28 heavy (non-hydrogen) atoms. The van der Waals surface area contributed by atoms with Crippen LogP contribution in [-0.2, 0) is 34.7 Å². The number of ketones is 1. The summed E-state index contributed by atoms with van der Waals surface area (Å²) in [4.78, 5) is 24.8. The molecule has 10 heteroatoms. The van der Waals surface area contributed by atoms with Crippen LogP contribution in [0.2, 0.25) is 0 Å². The van der Waals surface area contributed by atoms with Gasteiger partial charge in [0.15, 0.2) is 11.5 Å². The molecule has 1 saturated heterocycles. The van der Waals surface area contributed by atoms with Gasteiger partial charge in [0.1, 0.15) is 0 Å². The van der Waals surface area contributed by atoms with Crippen LogP contribution in [0.5, 0.6) is 11.5 Å². The lowest BCUT2D eigenvalue weighted by Gasteiger charge is -2.27. The molecular weight excluding hydrogens is 390 g/mol. The number of hydrogen-bond acceptors (Lipinski definition) is 8. The maximum atomic E-state index is 13.2. The topological polar surface area (TPSA) is 108 Å². The summed E-state index contributed by atoms with van der Waals surface area (Å²) in [6.07, 6.45) is 0.371. The van der Waals surface area contributed by atoms with Gasteiger partial charge >= 0.3 is 5.97 Å². The lowest BCUT2D eigenvalue weighted by molar-refractivity contribution is -0.142. The Labute approximate surface area is 162 Å². The Balaban J connectivity index is 2.14. The highest BCUT2D eigenvalue weighted by atomic mass is 32.2. The van der Waals surface area contributed by atoms with E-state index in [1.54, 1.807) is 18.2 Å². The molecule has 1 atom stereocenters. The molecule has 9 nitrogen and oxygen atoms in total. The van der Waals surface area contributed by atoms with Gasteiger partial charge in [0.05, 0.1) is 20.0 Å². The molecule has 1 fully saturated rings. The van der Waals surface area contributed by atoms with Gasteiger partial charge in [0.2, 0.25) is 21.4 Å². The van der Waals surface area contributed by atoms with E-state index < -0.39 is 33.1 Å². The molecule has 2 aliphatic rings. The number of esters is 1. The lowest BCUT2D eigenvalue weighted by Crippen LogP contribution is -2.33. The molecule has 152 valence electrons. The SMILES string of the molecule is COc1cccc(C2(C)OC(N3CCCS3(=O)=O)=C(OC(C)=O)C2=O)c1OC. The van der Waals surface area contributed by atoms with Crippen molar-refractivity contribution in [2.24, 2.45) is 0 Å². The normalized spacial score (nSPS) is 23.6. The predicted molar refractivity (Wildman–Crippen MR) is 96.9 cm³/mol. The van der Waals surface area contributed by atoms with Crippen molar-refractivity contribution < 1.29 is 37.0 Å². The Hall–Kier alpha value is -2.75. The number of para-hydroxylation sites is 1. The zero-order chi connectivity index (χ0) is 20.7. The molecule has 3 rings (SSSR count). The van der Waals surface area contributed by atoms with E-state index in [1.165, 1.54) is 21.1 Å². The number of rotatable bonds is 5. The number of nitrogens with zero attached hydrogens (tertiary/aromatic N) is 1. The Morgan fingerprint density at radius 3 is 2.50 bits per heavy atom. The van der Waals surface area contributed by atoms with Gasteiger partial charge in [-0.3, -0.25) is 9.59 Å². The molecule has 0 bridgehead atoms. The molecule has 0 radical (unpaired) electrons. The smallest absolute Gasteiger partial charge is 0.308 e. The van der Waals surface area contributed by atoms with E-state index in [9.17, 15) is 18.0 Å². The number of Topliss-reactive ketones (excluding diaryl/α,β-unsaturated/α-hetero) is 1. The summed E-state index contributed by atoms with van der Waals surface area (Å²) in [6.45, 7) is 2.71. The van der Waals surface area contributed by atoms with E-state index in [0.29, 0.717) is 17.7 Å². The van der Waals surface area contributed by atoms with Gasteiger partial charge in [-0.2, -0.15) is 0 Å². The molecule has 0 aliphatic carbocycles. The van der Waals surface area contributed by atoms with Gasteiger partial charge < -0.3 is 18.9 Å². The molecule has 0 N–H and O–H groups in total. The fraction of sp³-hybridized carbons (Fsp3) is 0.444. The monoisotopic (exact) mass is 411 g/mol. The molecule has 1 unspecified atom stereocenters. The summed E-state index contributed by atoms with van der Waals surface area (Å²) in [7, 11) is -0.809. The zero-order valence-corrected chi connectivity index (χ0v) is 16.8. The Morgan fingerprint density at radius 2 is 1.96 bits per heavy atom. The number of hydrogen-bond donors (Lipinski definition) is 0. The van der Waals surface area contributed by atoms with Crippen LogP contribution in [0, 0.1) is 0 Å². The van der Waals surface area contributed by atoms with Crippen LogP contribution in [0.25, 0.3) is 0 Å². The Morgan fingerprint density at radius 1 is 1.25 bits per heavy atom. The van der Waals surface area contributed by atoms with Gasteiger partial charge in [0, 0.05) is 19.0 Å². The molecule has 2 heterocycles. The first kappa shape index (κ1) is 20.0. The Bertz CT molecular complexity index is 968. The molecule has 2 aliphatic heterocycles. The number of sulfonamides is 1. The van der Waals surface area contributed by atoms with Gasteiger partial charge in [-0.05, 0) is 19.4 Å². The highest BCUT2D eigenvalue weighted by molar-refractivity contribution is 7.89. The van der Waals surface area contributed by atoms with Crippen molar-refractivity contribution in [2.75, 3.05) is 26.5 Å². The van der Waals surface area contributed by atoms with Crippen molar-refractivity contribution in [3.05, 3.63) is 35.4 Å². The number of carbonyl (C=O) groups is 2. The summed E-state index contributed by atoms with van der Waals surface area (Å²) < 4.78 is 47.3. The first-order chi connectivity index (χ1) is 13.2. The minimum absolute atomic E-state index is 0.0827. The van der Waals surface area contributed by atoms with Crippen LogP contribution in [0.15, 0.2) is 29.8 Å². The third kappa shape index (κ3) is 3.07. The molecule has 0 aromatic heterocycles. The first-order valence-corrected chi connectivity index (χ1v) is 10.1. The lowest BCUT2D eigenvalue weighted by atomic mass is 9.90. The number of carbonyl (C=O) groups excluding carboxylic acids is 2. The minimum Gasteiger partial charge on any atom is -0.493 e. The third-order valence-corrected chi connectivity index (χ3v) is 6.45. The van der Waals surface area contributed by atoms with E-state index in [1.807, 2.05) is 0 Å². The standard InChI is InChI=1S/C18H21NO8S/c1-11(20)26-15-16(21)18(2,12-7-5-8-13(24-3)14(12)25-4)27-17(15)19-9-6-10-28(19,22)23/h5,7-8H,6,9-10H2,1-4H3. The summed E-state index contributed by atoms with van der Waals surface area (Å²) >= 11 is 0. The summed E-state index contributed by atoms with van der Waals surface area (Å²) in [5.41, 5.74) is -1.35. The second kappa shape index (κ2) is 7.01. The maximum Gasteiger partial charge on any atom is 0.308 e. The molecule has 0 spiro atoms. The second-order valence-electron chi connectivity index (χ2n) is 6.48. The summed E-state index contributed by atoms with van der Waals surface area (Å²) in [5, 5.41) is 0. The highest BCUT2D eigenvalue weighted by Gasteiger charge is 2.54. The molecule has 0 saturated carbocycles. The van der Waals surface area contributed by atoms with Gasteiger partial charge in [-0.1, -0.05) is 12.1 Å². The number of ether oxygens (including phenoxy) is 4. The van der Waals surface area contributed by atoms with Crippen LogP contribution in [-0.4, -0.2) is 51.0 Å². The van der Waals surface area contributed by atoms with Crippen molar-refractivity contribution in [2.45, 2.75) is 25.9 Å². The molecule has 1 aromatic carbocycles. The van der Waals surface area contributed by atoms with Crippen molar-refractivity contribution in [3.8, 4) is 11.5 Å². The fourth-order valence-corrected chi connectivity index (χ4v) is 4.80. The van der Waals surface area contributed by atoms with Gasteiger partial charge in [-0.25, -0.2) is 12.7 Å². The quantitative estimate of drug-likeness (QED) is 0.667. The van der Waals surface area contributed by atoms with Crippen molar-refractivity contribution in [1.29, 1.82) is 0 Å². The molecule has 0 amide bonds. The van der Waals surface area contributed by atoms with E-state index in [2.05, 4.69) is 0 Å². The van der Waals surface area contributed by atoms with Crippen LogP contribution in [0.4, 0.5) is 0 Å². The number of benzene rings is 1. The van der Waals surface area contributed by atoms with E-state index in [0.717, 1.165) is 11.2 Å². The largest absolute Gasteiger partial charge is 0.493 e. The molecular formula is C18H21NO8S.